The number of rotatable bonds is 9. The van der Waals surface area contributed by atoms with Crippen molar-refractivity contribution >= 4 is 35.2 Å². The molecular weight excluding hydrogens is 314 g/mol. The van der Waals surface area contributed by atoms with E-state index in [-0.39, 0.29) is 18.9 Å². The van der Waals surface area contributed by atoms with Crippen molar-refractivity contribution in [2.75, 3.05) is 18.6 Å². The molecule has 1 atom stereocenters. The molecule has 0 heterocycles. The Hall–Kier alpha value is -1.40. The lowest BCUT2D eigenvalue weighted by molar-refractivity contribution is -0.141. The van der Waals surface area contributed by atoms with E-state index in [1.807, 2.05) is 6.26 Å². The summed E-state index contributed by atoms with van der Waals surface area (Å²) >= 11 is 7.35. The summed E-state index contributed by atoms with van der Waals surface area (Å²) in [4.78, 5) is 22.7. The van der Waals surface area contributed by atoms with Crippen LogP contribution in [-0.2, 0) is 9.59 Å². The van der Waals surface area contributed by atoms with Crippen molar-refractivity contribution < 1.29 is 19.4 Å². The number of thioether (sulfide) groups is 1. The van der Waals surface area contributed by atoms with Crippen LogP contribution in [0.3, 0.4) is 0 Å². The van der Waals surface area contributed by atoms with Gasteiger partial charge in [-0.1, -0.05) is 17.7 Å². The molecule has 1 rings (SSSR count). The summed E-state index contributed by atoms with van der Waals surface area (Å²) in [5.41, 5.74) is 0. The first kappa shape index (κ1) is 17.7. The molecule has 0 saturated carbocycles. The standard InChI is InChI=1S/C14H18ClNO4S/c1-21-8-6-12(14(18)19)16-13(17)5-7-20-11-4-2-3-10(15)9-11/h2-4,9,12H,5-8H2,1H3,(H,16,17)(H,18,19)/t12-/m1/s1. The molecule has 7 heteroatoms. The van der Waals surface area contributed by atoms with E-state index in [0.29, 0.717) is 22.9 Å². The first-order chi connectivity index (χ1) is 10.0. The number of nitrogens with one attached hydrogen (secondary N) is 1. The maximum absolute atomic E-state index is 11.7. The van der Waals surface area contributed by atoms with Crippen LogP contribution in [0.1, 0.15) is 12.8 Å². The SMILES string of the molecule is CSCC[C@@H](NC(=O)CCOc1cccc(Cl)c1)C(=O)O. The zero-order chi connectivity index (χ0) is 15.7. The smallest absolute Gasteiger partial charge is 0.326 e. The summed E-state index contributed by atoms with van der Waals surface area (Å²) in [6, 6.07) is 6.02. The van der Waals surface area contributed by atoms with Gasteiger partial charge in [0.1, 0.15) is 11.8 Å². The van der Waals surface area contributed by atoms with Gasteiger partial charge in [0.2, 0.25) is 5.91 Å². The maximum Gasteiger partial charge on any atom is 0.326 e. The third-order valence-corrected chi connectivity index (χ3v) is 3.52. The van der Waals surface area contributed by atoms with Gasteiger partial charge in [-0.15, -0.1) is 0 Å². The summed E-state index contributed by atoms with van der Waals surface area (Å²) in [5.74, 6) is -0.109. The number of carboxylic acids is 1. The van der Waals surface area contributed by atoms with Crippen molar-refractivity contribution in [2.24, 2.45) is 0 Å². The minimum absolute atomic E-state index is 0.0928. The summed E-state index contributed by atoms with van der Waals surface area (Å²) in [5, 5.41) is 12.1. The number of halogens is 1. The Balaban J connectivity index is 2.34. The van der Waals surface area contributed by atoms with Crippen molar-refractivity contribution in [3.63, 3.8) is 0 Å². The van der Waals surface area contributed by atoms with E-state index < -0.39 is 12.0 Å². The molecule has 2 N–H and O–H groups in total. The Morgan fingerprint density at radius 3 is 2.86 bits per heavy atom. The molecular formula is C14H18ClNO4S. The average Bonchev–Trinajstić information content (AvgIpc) is 2.43. The Bertz CT molecular complexity index is 484. The van der Waals surface area contributed by atoms with Crippen molar-refractivity contribution in [1.29, 1.82) is 0 Å². The molecule has 0 aliphatic carbocycles. The van der Waals surface area contributed by atoms with E-state index in [1.165, 1.54) is 11.8 Å². The highest BCUT2D eigenvalue weighted by molar-refractivity contribution is 7.98. The summed E-state index contributed by atoms with van der Waals surface area (Å²) < 4.78 is 5.38. The van der Waals surface area contributed by atoms with E-state index in [1.54, 1.807) is 24.3 Å². The second-order valence-electron chi connectivity index (χ2n) is 4.30. The summed E-state index contributed by atoms with van der Waals surface area (Å²) in [6.45, 7) is 0.168. The number of hydrogen-bond acceptors (Lipinski definition) is 4. The van der Waals surface area contributed by atoms with E-state index in [9.17, 15) is 9.59 Å². The third kappa shape index (κ3) is 7.24. The van der Waals surface area contributed by atoms with Crippen LogP contribution < -0.4 is 10.1 Å². The van der Waals surface area contributed by atoms with Gasteiger partial charge in [-0.2, -0.15) is 11.8 Å². The largest absolute Gasteiger partial charge is 0.493 e. The molecule has 1 aromatic rings. The minimum atomic E-state index is -1.02. The molecule has 21 heavy (non-hydrogen) atoms. The van der Waals surface area contributed by atoms with E-state index in [4.69, 9.17) is 21.4 Å². The number of carboxylic acid groups (broad SMARTS) is 1. The molecule has 1 aromatic carbocycles. The number of carbonyl (C=O) groups excluding carboxylic acids is 1. The van der Waals surface area contributed by atoms with Crippen LogP contribution in [0, 0.1) is 0 Å². The molecule has 0 fully saturated rings. The lowest BCUT2D eigenvalue weighted by Gasteiger charge is -2.14. The van der Waals surface area contributed by atoms with Crippen LogP contribution in [0.2, 0.25) is 5.02 Å². The van der Waals surface area contributed by atoms with E-state index >= 15 is 0 Å². The highest BCUT2D eigenvalue weighted by Crippen LogP contribution is 2.17. The molecule has 0 bridgehead atoms. The molecule has 0 radical (unpaired) electrons. The quantitative estimate of drug-likeness (QED) is 0.727. The maximum atomic E-state index is 11.7. The molecule has 0 aromatic heterocycles. The van der Waals surface area contributed by atoms with Gasteiger partial charge in [0.05, 0.1) is 13.0 Å². The van der Waals surface area contributed by atoms with Gasteiger partial charge in [0, 0.05) is 5.02 Å². The molecule has 0 aliphatic rings. The number of carbonyl (C=O) groups is 2. The van der Waals surface area contributed by atoms with Crippen LogP contribution in [0.25, 0.3) is 0 Å². The van der Waals surface area contributed by atoms with Crippen LogP contribution in [0.5, 0.6) is 5.75 Å². The second kappa shape index (κ2) is 9.52. The van der Waals surface area contributed by atoms with Crippen LogP contribution in [0.15, 0.2) is 24.3 Å². The molecule has 0 aliphatic heterocycles. The Morgan fingerprint density at radius 1 is 1.48 bits per heavy atom. The van der Waals surface area contributed by atoms with Gasteiger partial charge in [-0.05, 0) is 36.6 Å². The first-order valence-corrected chi connectivity index (χ1v) is 8.19. The topological polar surface area (TPSA) is 75.6 Å². The van der Waals surface area contributed by atoms with Crippen molar-refractivity contribution in [3.05, 3.63) is 29.3 Å². The molecule has 0 spiro atoms. The number of amides is 1. The Morgan fingerprint density at radius 2 is 2.24 bits per heavy atom. The second-order valence-corrected chi connectivity index (χ2v) is 5.72. The number of benzene rings is 1. The van der Waals surface area contributed by atoms with Gasteiger partial charge in [-0.25, -0.2) is 4.79 Å². The lowest BCUT2D eigenvalue weighted by atomic mass is 10.2. The molecule has 116 valence electrons. The summed E-state index contributed by atoms with van der Waals surface area (Å²) in [7, 11) is 0. The van der Waals surface area contributed by atoms with Gasteiger partial charge >= 0.3 is 5.97 Å². The van der Waals surface area contributed by atoms with Crippen molar-refractivity contribution in [2.45, 2.75) is 18.9 Å². The van der Waals surface area contributed by atoms with Gasteiger partial charge in [-0.3, -0.25) is 4.79 Å². The third-order valence-electron chi connectivity index (χ3n) is 2.64. The van der Waals surface area contributed by atoms with Crippen LogP contribution in [-0.4, -0.2) is 41.6 Å². The molecule has 0 saturated heterocycles. The Kier molecular flexibility index (Phi) is 8.00. The predicted molar refractivity (Wildman–Crippen MR) is 84.1 cm³/mol. The van der Waals surface area contributed by atoms with Gasteiger partial charge in [0.25, 0.3) is 0 Å². The predicted octanol–water partition coefficient (Wildman–Crippen LogP) is 2.43. The fourth-order valence-corrected chi connectivity index (χ4v) is 2.23. The average molecular weight is 332 g/mol. The van der Waals surface area contributed by atoms with Gasteiger partial charge < -0.3 is 15.2 Å². The fourth-order valence-electron chi connectivity index (χ4n) is 1.58. The van der Waals surface area contributed by atoms with Crippen LogP contribution in [0.4, 0.5) is 0 Å². The van der Waals surface area contributed by atoms with E-state index in [0.717, 1.165) is 0 Å². The number of ether oxygens (including phenoxy) is 1. The number of aliphatic carboxylic acids is 1. The molecule has 1 amide bonds. The highest BCUT2D eigenvalue weighted by atomic mass is 35.5. The zero-order valence-corrected chi connectivity index (χ0v) is 13.2. The van der Waals surface area contributed by atoms with Crippen molar-refractivity contribution in [3.8, 4) is 5.75 Å². The van der Waals surface area contributed by atoms with Gasteiger partial charge in [0.15, 0.2) is 0 Å². The minimum Gasteiger partial charge on any atom is -0.493 e. The molecule has 5 nitrogen and oxygen atoms in total. The first-order valence-electron chi connectivity index (χ1n) is 6.42. The monoisotopic (exact) mass is 331 g/mol. The Labute approximate surface area is 133 Å². The van der Waals surface area contributed by atoms with Crippen LogP contribution >= 0.6 is 23.4 Å². The zero-order valence-electron chi connectivity index (χ0n) is 11.7. The molecule has 0 unspecified atom stereocenters. The fraction of sp³-hybridized carbons (Fsp3) is 0.429. The lowest BCUT2D eigenvalue weighted by Crippen LogP contribution is -2.41. The highest BCUT2D eigenvalue weighted by Gasteiger charge is 2.19. The van der Waals surface area contributed by atoms with E-state index in [2.05, 4.69) is 5.32 Å². The number of hydrogen-bond donors (Lipinski definition) is 2. The van der Waals surface area contributed by atoms with Crippen molar-refractivity contribution in [1.82, 2.24) is 5.32 Å². The summed E-state index contributed by atoms with van der Waals surface area (Å²) in [6.07, 6.45) is 2.38. The normalized spacial score (nSPS) is 11.7.